The molecule has 0 spiro atoms. The van der Waals surface area contributed by atoms with Gasteiger partial charge in [-0.1, -0.05) is 95.6 Å². The van der Waals surface area contributed by atoms with E-state index < -0.39 is 11.2 Å². The molecule has 1 aliphatic heterocycles. The average molecular weight is 508 g/mol. The van der Waals surface area contributed by atoms with E-state index >= 15 is 0 Å². The molecule has 1 N–H and O–H groups in total. The monoisotopic (exact) mass is 507 g/mol. The van der Waals surface area contributed by atoms with Gasteiger partial charge >= 0.3 is 0 Å². The van der Waals surface area contributed by atoms with Crippen LogP contribution in [0.1, 0.15) is 11.1 Å². The number of para-hydroxylation sites is 1. The fraction of sp³-hybridized carbons (Fsp3) is 0.115. The maximum atomic E-state index is 13.5. The normalized spacial score (nSPS) is 16.8. The van der Waals surface area contributed by atoms with Crippen LogP contribution >= 0.6 is 35.0 Å². The van der Waals surface area contributed by atoms with Crippen LogP contribution in [0.2, 0.25) is 10.0 Å². The molecule has 8 heteroatoms. The number of nitrogens with zero attached hydrogens (tertiary/aromatic N) is 2. The van der Waals surface area contributed by atoms with E-state index in [1.54, 1.807) is 36.4 Å². The first-order valence-electron chi connectivity index (χ1n) is 10.4. The quantitative estimate of drug-likeness (QED) is 0.341. The van der Waals surface area contributed by atoms with Crippen molar-refractivity contribution in [1.82, 2.24) is 5.32 Å². The van der Waals surface area contributed by atoms with E-state index in [0.29, 0.717) is 27.2 Å². The largest absolute Gasteiger partial charge is 0.347 e. The lowest BCUT2D eigenvalue weighted by molar-refractivity contribution is -0.117. The van der Waals surface area contributed by atoms with Gasteiger partial charge in [0.2, 0.25) is 5.91 Å². The number of hydrogen-bond acceptors (Lipinski definition) is 4. The van der Waals surface area contributed by atoms with Crippen molar-refractivity contribution in [3.63, 3.8) is 0 Å². The number of carbonyl (C=O) groups excluding carboxylic acids is 2. The smallest absolute Gasteiger partial charge is 0.264 e. The number of thioether (sulfide) groups is 1. The van der Waals surface area contributed by atoms with Crippen molar-refractivity contribution < 1.29 is 9.59 Å². The number of amides is 2. The first-order chi connectivity index (χ1) is 16.5. The second-order valence-electron chi connectivity index (χ2n) is 7.49. The van der Waals surface area contributed by atoms with Crippen LogP contribution < -0.4 is 10.2 Å². The molecule has 1 aliphatic rings. The Hall–Kier alpha value is -3.24. The van der Waals surface area contributed by atoms with Crippen molar-refractivity contribution in [3.8, 4) is 6.07 Å². The summed E-state index contributed by atoms with van der Waals surface area (Å²) in [5.41, 5.74) is 2.10. The zero-order chi connectivity index (χ0) is 24.1. The van der Waals surface area contributed by atoms with E-state index in [9.17, 15) is 14.9 Å². The second-order valence-corrected chi connectivity index (χ2v) is 9.47. The van der Waals surface area contributed by atoms with Gasteiger partial charge in [-0.2, -0.15) is 5.26 Å². The average Bonchev–Trinajstić information content (AvgIpc) is 3.17. The van der Waals surface area contributed by atoms with Crippen molar-refractivity contribution in [2.75, 3.05) is 4.90 Å². The second kappa shape index (κ2) is 10.8. The summed E-state index contributed by atoms with van der Waals surface area (Å²) in [5.74, 6) is -0.769. The number of hydrogen-bond donors (Lipinski definition) is 1. The first kappa shape index (κ1) is 23.9. The van der Waals surface area contributed by atoms with Gasteiger partial charge < -0.3 is 5.32 Å². The third-order valence-electron chi connectivity index (χ3n) is 5.25. The number of carbonyl (C=O) groups is 2. The van der Waals surface area contributed by atoms with Crippen LogP contribution in [0, 0.1) is 11.3 Å². The van der Waals surface area contributed by atoms with Gasteiger partial charge in [-0.3, -0.25) is 14.5 Å². The Labute approximate surface area is 212 Å². The number of rotatable bonds is 6. The highest BCUT2D eigenvalue weighted by Crippen LogP contribution is 2.42. The van der Waals surface area contributed by atoms with Gasteiger partial charge in [0.15, 0.2) is 0 Å². The van der Waals surface area contributed by atoms with Gasteiger partial charge in [-0.25, -0.2) is 0 Å². The lowest BCUT2D eigenvalue weighted by atomic mass is 10.1. The highest BCUT2D eigenvalue weighted by molar-refractivity contribution is 8.05. The van der Waals surface area contributed by atoms with E-state index in [0.717, 1.165) is 11.1 Å². The number of anilines is 1. The minimum atomic E-state index is -0.573. The minimum Gasteiger partial charge on any atom is -0.347 e. The van der Waals surface area contributed by atoms with E-state index in [1.807, 2.05) is 48.5 Å². The van der Waals surface area contributed by atoms with E-state index in [-0.39, 0.29) is 18.0 Å². The Kier molecular flexibility index (Phi) is 7.59. The zero-order valence-electron chi connectivity index (χ0n) is 17.9. The Morgan fingerprint density at radius 2 is 1.68 bits per heavy atom. The summed E-state index contributed by atoms with van der Waals surface area (Å²) in [6.45, 7) is 0.267. The van der Waals surface area contributed by atoms with Gasteiger partial charge in [0.25, 0.3) is 5.91 Å². The predicted molar refractivity (Wildman–Crippen MR) is 136 cm³/mol. The third-order valence-corrected chi connectivity index (χ3v) is 7.37. The fourth-order valence-electron chi connectivity index (χ4n) is 3.57. The maximum absolute atomic E-state index is 13.5. The fourth-order valence-corrected chi connectivity index (χ4v) is 5.26. The van der Waals surface area contributed by atoms with Crippen molar-refractivity contribution in [1.29, 1.82) is 5.26 Å². The molecule has 3 aromatic carbocycles. The van der Waals surface area contributed by atoms with Crippen LogP contribution in [-0.2, 0) is 22.6 Å². The topological polar surface area (TPSA) is 73.2 Å². The summed E-state index contributed by atoms with van der Waals surface area (Å²) < 4.78 is 0. The predicted octanol–water partition coefficient (Wildman–Crippen LogP) is 5.74. The molecule has 4 rings (SSSR count). The van der Waals surface area contributed by atoms with Gasteiger partial charge in [0, 0.05) is 12.2 Å². The molecule has 1 heterocycles. The molecule has 1 saturated heterocycles. The Morgan fingerprint density at radius 1 is 1.00 bits per heavy atom. The zero-order valence-corrected chi connectivity index (χ0v) is 20.2. The standard InChI is InChI=1S/C26H19Cl2N3O2S/c27-21-13-7-10-18(23(21)28)14-22-25(33)31(19-11-5-2-6-12-19)26(34-22)20(15-29)24(32)30-16-17-8-3-1-4-9-17/h1-13,22H,14,16H2,(H,30,32)/b26-20-. The van der Waals surface area contributed by atoms with Crippen LogP contribution in [0.3, 0.4) is 0 Å². The number of nitriles is 1. The van der Waals surface area contributed by atoms with Gasteiger partial charge in [0.1, 0.15) is 16.7 Å². The summed E-state index contributed by atoms with van der Waals surface area (Å²) in [4.78, 5) is 27.9. The Balaban J connectivity index is 1.67. The lowest BCUT2D eigenvalue weighted by Crippen LogP contribution is -2.32. The molecule has 1 unspecified atom stereocenters. The van der Waals surface area contributed by atoms with E-state index in [4.69, 9.17) is 23.2 Å². The summed E-state index contributed by atoms with van der Waals surface area (Å²) in [6, 6.07) is 25.7. The van der Waals surface area contributed by atoms with Crippen molar-refractivity contribution in [2.24, 2.45) is 0 Å². The summed E-state index contributed by atoms with van der Waals surface area (Å²) >= 11 is 13.7. The maximum Gasteiger partial charge on any atom is 0.264 e. The van der Waals surface area contributed by atoms with Gasteiger partial charge in [0.05, 0.1) is 15.3 Å². The number of halogens is 2. The van der Waals surface area contributed by atoms with Crippen molar-refractivity contribution >= 4 is 52.5 Å². The molecular weight excluding hydrogens is 489 g/mol. The van der Waals surface area contributed by atoms with Crippen LogP contribution in [0.5, 0.6) is 0 Å². The molecule has 170 valence electrons. The van der Waals surface area contributed by atoms with Crippen LogP contribution in [0.15, 0.2) is 89.5 Å². The Morgan fingerprint density at radius 3 is 2.35 bits per heavy atom. The molecule has 0 radical (unpaired) electrons. The molecule has 3 aromatic rings. The Bertz CT molecular complexity index is 1290. The highest BCUT2D eigenvalue weighted by Gasteiger charge is 2.41. The summed E-state index contributed by atoms with van der Waals surface area (Å²) in [5, 5.41) is 13.2. The van der Waals surface area contributed by atoms with E-state index in [2.05, 4.69) is 5.32 Å². The molecular formula is C26H19Cl2N3O2S. The minimum absolute atomic E-state index is 0.113. The number of nitrogens with one attached hydrogen (secondary N) is 1. The molecule has 0 bridgehead atoms. The molecule has 5 nitrogen and oxygen atoms in total. The SMILES string of the molecule is N#C/C(C(=O)NCc1ccccc1)=C1/SC(Cc2cccc(Cl)c2Cl)C(=O)N1c1ccccc1. The van der Waals surface area contributed by atoms with Crippen LogP contribution in [0.4, 0.5) is 5.69 Å². The molecule has 0 aliphatic carbocycles. The molecule has 34 heavy (non-hydrogen) atoms. The molecule has 1 fully saturated rings. The first-order valence-corrected chi connectivity index (χ1v) is 12.1. The molecule has 1 atom stereocenters. The van der Waals surface area contributed by atoms with Gasteiger partial charge in [-0.05, 0) is 35.7 Å². The molecule has 2 amide bonds. The third kappa shape index (κ3) is 5.13. The lowest BCUT2D eigenvalue weighted by Gasteiger charge is -2.18. The summed E-state index contributed by atoms with van der Waals surface area (Å²) in [6.07, 6.45) is 0.306. The van der Waals surface area contributed by atoms with E-state index in [1.165, 1.54) is 16.7 Å². The van der Waals surface area contributed by atoms with Crippen LogP contribution in [-0.4, -0.2) is 17.1 Å². The summed E-state index contributed by atoms with van der Waals surface area (Å²) in [7, 11) is 0. The molecule has 0 saturated carbocycles. The van der Waals surface area contributed by atoms with Crippen molar-refractivity contribution in [2.45, 2.75) is 18.2 Å². The highest BCUT2D eigenvalue weighted by atomic mass is 35.5. The number of benzene rings is 3. The van der Waals surface area contributed by atoms with Crippen LogP contribution in [0.25, 0.3) is 0 Å². The van der Waals surface area contributed by atoms with Crippen molar-refractivity contribution in [3.05, 3.63) is 111 Å². The van der Waals surface area contributed by atoms with Gasteiger partial charge in [-0.15, -0.1) is 0 Å². The molecule has 0 aromatic heterocycles.